The molecule has 7 nitrogen and oxygen atoms in total. The molecule has 0 aliphatic carbocycles. The highest BCUT2D eigenvalue weighted by molar-refractivity contribution is 5.95. The Labute approximate surface area is 196 Å². The van der Waals surface area contributed by atoms with Gasteiger partial charge in [-0.2, -0.15) is 0 Å². The molecular weight excluding hydrogens is 430 g/mol. The van der Waals surface area contributed by atoms with Crippen LogP contribution in [-0.4, -0.2) is 41.3 Å². The SMILES string of the molecule is COC(=O)c1cc(/C=C/c2cc(-c3ccccc3)c(-c3ccccc3)cn2)c(C(=O)OC)nn1. The molecule has 0 bridgehead atoms. The number of rotatable bonds is 6. The van der Waals surface area contributed by atoms with Gasteiger partial charge in [-0.15, -0.1) is 10.2 Å². The van der Waals surface area contributed by atoms with Gasteiger partial charge in [-0.05, 0) is 34.9 Å². The molecule has 2 aromatic carbocycles. The van der Waals surface area contributed by atoms with Gasteiger partial charge in [0.15, 0.2) is 11.4 Å². The first-order valence-corrected chi connectivity index (χ1v) is 10.4. The van der Waals surface area contributed by atoms with Gasteiger partial charge in [0.05, 0.1) is 19.9 Å². The molecule has 0 atom stereocenters. The molecule has 2 aromatic heterocycles. The van der Waals surface area contributed by atoms with E-state index in [1.54, 1.807) is 12.2 Å². The fourth-order valence-corrected chi connectivity index (χ4v) is 3.43. The van der Waals surface area contributed by atoms with E-state index in [2.05, 4.69) is 15.2 Å². The van der Waals surface area contributed by atoms with Crippen molar-refractivity contribution in [3.05, 3.63) is 102 Å². The zero-order chi connectivity index (χ0) is 23.9. The highest BCUT2D eigenvalue weighted by Gasteiger charge is 2.17. The summed E-state index contributed by atoms with van der Waals surface area (Å²) in [7, 11) is 2.50. The molecule has 0 spiro atoms. The summed E-state index contributed by atoms with van der Waals surface area (Å²) in [6.45, 7) is 0. The molecule has 0 aliphatic rings. The molecule has 0 amide bonds. The third-order valence-electron chi connectivity index (χ3n) is 5.13. The van der Waals surface area contributed by atoms with Gasteiger partial charge in [0.25, 0.3) is 0 Å². The van der Waals surface area contributed by atoms with Crippen molar-refractivity contribution in [3.63, 3.8) is 0 Å². The Morgan fingerprint density at radius 1 is 0.735 bits per heavy atom. The van der Waals surface area contributed by atoms with E-state index in [0.29, 0.717) is 11.3 Å². The number of methoxy groups -OCH3 is 2. The molecule has 4 aromatic rings. The molecule has 168 valence electrons. The van der Waals surface area contributed by atoms with Crippen molar-refractivity contribution < 1.29 is 19.1 Å². The zero-order valence-electron chi connectivity index (χ0n) is 18.6. The lowest BCUT2D eigenvalue weighted by atomic mass is 9.95. The van der Waals surface area contributed by atoms with Crippen molar-refractivity contribution in [1.82, 2.24) is 15.2 Å². The van der Waals surface area contributed by atoms with Crippen LogP contribution >= 0.6 is 0 Å². The number of ether oxygens (including phenoxy) is 2. The van der Waals surface area contributed by atoms with Gasteiger partial charge in [-0.1, -0.05) is 66.7 Å². The lowest BCUT2D eigenvalue weighted by Crippen LogP contribution is -2.13. The Bertz CT molecular complexity index is 1350. The van der Waals surface area contributed by atoms with E-state index in [-0.39, 0.29) is 11.4 Å². The number of benzene rings is 2. The average Bonchev–Trinajstić information content (AvgIpc) is 2.91. The summed E-state index contributed by atoms with van der Waals surface area (Å²) in [5.74, 6) is -1.32. The van der Waals surface area contributed by atoms with Gasteiger partial charge < -0.3 is 9.47 Å². The first-order chi connectivity index (χ1) is 16.6. The number of esters is 2. The zero-order valence-corrected chi connectivity index (χ0v) is 18.6. The fraction of sp³-hybridized carbons (Fsp3) is 0.0741. The van der Waals surface area contributed by atoms with Crippen LogP contribution in [0, 0.1) is 0 Å². The van der Waals surface area contributed by atoms with Gasteiger partial charge >= 0.3 is 11.9 Å². The van der Waals surface area contributed by atoms with E-state index in [0.717, 1.165) is 22.3 Å². The summed E-state index contributed by atoms with van der Waals surface area (Å²) in [6, 6.07) is 23.5. The lowest BCUT2D eigenvalue weighted by molar-refractivity contribution is 0.0573. The van der Waals surface area contributed by atoms with Crippen LogP contribution in [0.25, 0.3) is 34.4 Å². The maximum atomic E-state index is 12.1. The average molecular weight is 451 g/mol. The van der Waals surface area contributed by atoms with Gasteiger partial charge in [0, 0.05) is 17.3 Å². The van der Waals surface area contributed by atoms with Gasteiger partial charge in [-0.25, -0.2) is 9.59 Å². The van der Waals surface area contributed by atoms with Crippen molar-refractivity contribution in [1.29, 1.82) is 0 Å². The number of hydrogen-bond donors (Lipinski definition) is 0. The minimum atomic E-state index is -0.666. The molecule has 0 N–H and O–H groups in total. The number of carbonyl (C=O) groups is 2. The molecular formula is C27H21N3O4. The second kappa shape index (κ2) is 10.3. The third-order valence-corrected chi connectivity index (χ3v) is 5.13. The van der Waals surface area contributed by atoms with Gasteiger partial charge in [-0.3, -0.25) is 4.98 Å². The normalized spacial score (nSPS) is 10.8. The Morgan fingerprint density at radius 2 is 1.35 bits per heavy atom. The minimum Gasteiger partial charge on any atom is -0.464 e. The standard InChI is InChI=1S/C27H21N3O4/c1-33-26(31)24-15-20(25(30-29-24)27(32)34-2)13-14-21-16-22(18-9-5-3-6-10-18)23(17-28-21)19-11-7-4-8-12-19/h3-17H,1-2H3/b14-13+. The molecule has 0 unspecified atom stereocenters. The number of pyridine rings is 1. The molecule has 0 aliphatic heterocycles. The van der Waals surface area contributed by atoms with Crippen molar-refractivity contribution in [3.8, 4) is 22.3 Å². The molecule has 4 rings (SSSR count). The Balaban J connectivity index is 1.78. The summed E-state index contributed by atoms with van der Waals surface area (Å²) < 4.78 is 9.50. The van der Waals surface area contributed by atoms with Crippen LogP contribution in [0.4, 0.5) is 0 Å². The molecule has 2 heterocycles. The quantitative estimate of drug-likeness (QED) is 0.383. The first kappa shape index (κ1) is 22.5. The molecule has 34 heavy (non-hydrogen) atoms. The van der Waals surface area contributed by atoms with Crippen LogP contribution in [0.1, 0.15) is 32.2 Å². The predicted molar refractivity (Wildman–Crippen MR) is 129 cm³/mol. The maximum Gasteiger partial charge on any atom is 0.359 e. The molecule has 7 heteroatoms. The van der Waals surface area contributed by atoms with Gasteiger partial charge in [0.2, 0.25) is 0 Å². The van der Waals surface area contributed by atoms with Crippen LogP contribution < -0.4 is 0 Å². The summed E-state index contributed by atoms with van der Waals surface area (Å²) >= 11 is 0. The van der Waals surface area contributed by atoms with Crippen molar-refractivity contribution in [2.45, 2.75) is 0 Å². The van der Waals surface area contributed by atoms with E-state index in [9.17, 15) is 9.59 Å². The smallest absolute Gasteiger partial charge is 0.359 e. The topological polar surface area (TPSA) is 91.3 Å². The third kappa shape index (κ3) is 4.88. The Hall–Kier alpha value is -4.65. The minimum absolute atomic E-state index is 0.0180. The predicted octanol–water partition coefficient (Wildman–Crippen LogP) is 4.95. The number of nitrogens with zero attached hydrogens (tertiary/aromatic N) is 3. The number of aromatic nitrogens is 3. The molecule has 0 fully saturated rings. The Morgan fingerprint density at radius 3 is 1.97 bits per heavy atom. The first-order valence-electron chi connectivity index (χ1n) is 10.4. The van der Waals surface area contributed by atoms with E-state index >= 15 is 0 Å². The van der Waals surface area contributed by atoms with Crippen LogP contribution in [-0.2, 0) is 9.47 Å². The van der Waals surface area contributed by atoms with E-state index in [1.165, 1.54) is 20.3 Å². The highest BCUT2D eigenvalue weighted by atomic mass is 16.5. The molecule has 0 saturated carbocycles. The maximum absolute atomic E-state index is 12.1. The summed E-state index contributed by atoms with van der Waals surface area (Å²) in [4.78, 5) is 28.6. The summed E-state index contributed by atoms with van der Waals surface area (Å²) in [5, 5.41) is 7.61. The summed E-state index contributed by atoms with van der Waals surface area (Å²) in [5.41, 5.74) is 5.09. The van der Waals surface area contributed by atoms with Crippen molar-refractivity contribution in [2.24, 2.45) is 0 Å². The monoisotopic (exact) mass is 451 g/mol. The van der Waals surface area contributed by atoms with E-state index in [4.69, 9.17) is 9.47 Å². The van der Waals surface area contributed by atoms with Crippen LogP contribution in [0.3, 0.4) is 0 Å². The second-order valence-electron chi connectivity index (χ2n) is 7.24. The largest absolute Gasteiger partial charge is 0.464 e. The number of hydrogen-bond acceptors (Lipinski definition) is 7. The highest BCUT2D eigenvalue weighted by Crippen LogP contribution is 2.32. The lowest BCUT2D eigenvalue weighted by Gasteiger charge is -2.11. The van der Waals surface area contributed by atoms with Gasteiger partial charge in [0.1, 0.15) is 0 Å². The second-order valence-corrected chi connectivity index (χ2v) is 7.24. The fourth-order valence-electron chi connectivity index (χ4n) is 3.43. The van der Waals surface area contributed by atoms with E-state index in [1.807, 2.05) is 72.9 Å². The van der Waals surface area contributed by atoms with Crippen LogP contribution in [0.5, 0.6) is 0 Å². The van der Waals surface area contributed by atoms with Crippen LogP contribution in [0.15, 0.2) is 79.0 Å². The van der Waals surface area contributed by atoms with Crippen molar-refractivity contribution in [2.75, 3.05) is 14.2 Å². The van der Waals surface area contributed by atoms with Crippen molar-refractivity contribution >= 4 is 24.1 Å². The van der Waals surface area contributed by atoms with Crippen LogP contribution in [0.2, 0.25) is 0 Å². The Kier molecular flexibility index (Phi) is 6.84. The number of carbonyl (C=O) groups excluding carboxylic acids is 2. The molecule has 0 radical (unpaired) electrons. The van der Waals surface area contributed by atoms with E-state index < -0.39 is 11.9 Å². The molecule has 0 saturated heterocycles. The summed E-state index contributed by atoms with van der Waals surface area (Å²) in [6.07, 6.45) is 5.21.